The zero-order chi connectivity index (χ0) is 13.0. The molecule has 18 heavy (non-hydrogen) atoms. The van der Waals surface area contributed by atoms with Gasteiger partial charge in [0.2, 0.25) is 11.8 Å². The monoisotopic (exact) mass is 253 g/mol. The number of rotatable bonds is 4. The van der Waals surface area contributed by atoms with Crippen molar-refractivity contribution in [3.8, 4) is 0 Å². The molecule has 1 aliphatic heterocycles. The number of carbonyl (C=O) groups is 1. The Kier molecular flexibility index (Phi) is 4.30. The molecule has 6 heteroatoms. The highest BCUT2D eigenvalue weighted by molar-refractivity contribution is 5.72. The zero-order valence-electron chi connectivity index (χ0n) is 10.9. The second kappa shape index (κ2) is 5.95. The lowest BCUT2D eigenvalue weighted by Crippen LogP contribution is -2.39. The number of hydrogen-bond acceptors (Lipinski definition) is 6. The molecule has 1 fully saturated rings. The van der Waals surface area contributed by atoms with E-state index >= 15 is 0 Å². The van der Waals surface area contributed by atoms with Gasteiger partial charge in [-0.1, -0.05) is 0 Å². The lowest BCUT2D eigenvalue weighted by molar-refractivity contribution is -0.150. The van der Waals surface area contributed by atoms with Gasteiger partial charge in [0.25, 0.3) is 0 Å². The summed E-state index contributed by atoms with van der Waals surface area (Å²) in [5.74, 6) is 1.06. The van der Waals surface area contributed by atoms with E-state index in [9.17, 15) is 4.79 Å². The molecule has 1 aliphatic rings. The van der Waals surface area contributed by atoms with E-state index in [1.165, 1.54) is 0 Å². The normalized spacial score (nSPS) is 20.9. The maximum atomic E-state index is 11.7. The Balaban J connectivity index is 1.88. The van der Waals surface area contributed by atoms with Crippen molar-refractivity contribution in [3.63, 3.8) is 0 Å². The molecular weight excluding hydrogens is 234 g/mol. The van der Waals surface area contributed by atoms with Crippen LogP contribution in [0, 0.1) is 12.8 Å². The van der Waals surface area contributed by atoms with Gasteiger partial charge in [-0.05, 0) is 26.3 Å². The Morgan fingerprint density at radius 2 is 2.39 bits per heavy atom. The molecule has 0 spiro atoms. The summed E-state index contributed by atoms with van der Waals surface area (Å²) in [7, 11) is 0. The topological polar surface area (TPSA) is 68.5 Å². The minimum atomic E-state index is -0.0936. The number of ether oxygens (including phenoxy) is 1. The third kappa shape index (κ3) is 3.29. The Hall–Kier alpha value is -1.43. The second-order valence-corrected chi connectivity index (χ2v) is 4.54. The van der Waals surface area contributed by atoms with Gasteiger partial charge in [0.05, 0.1) is 19.1 Å². The van der Waals surface area contributed by atoms with Crippen molar-refractivity contribution < 1.29 is 13.9 Å². The second-order valence-electron chi connectivity index (χ2n) is 4.54. The van der Waals surface area contributed by atoms with Gasteiger partial charge in [-0.2, -0.15) is 0 Å². The smallest absolute Gasteiger partial charge is 0.310 e. The molecule has 0 amide bonds. The van der Waals surface area contributed by atoms with Gasteiger partial charge in [0.15, 0.2) is 0 Å². The molecule has 0 N–H and O–H groups in total. The van der Waals surface area contributed by atoms with Crippen LogP contribution >= 0.6 is 0 Å². The fraction of sp³-hybridized carbons (Fsp3) is 0.750. The molecular formula is C12H19N3O3. The standard InChI is InChI=1S/C12H19N3O3/c1-3-17-12(16)10-5-4-6-15(7-10)8-11-14-13-9(2)18-11/h10H,3-8H2,1-2H3/t10-/m0/s1. The van der Waals surface area contributed by atoms with Crippen molar-refractivity contribution in [2.75, 3.05) is 19.7 Å². The quantitative estimate of drug-likeness (QED) is 0.750. The molecule has 0 radical (unpaired) electrons. The summed E-state index contributed by atoms with van der Waals surface area (Å²) in [6.07, 6.45) is 1.90. The number of esters is 1. The summed E-state index contributed by atoms with van der Waals surface area (Å²) in [5.41, 5.74) is 0. The fourth-order valence-electron chi connectivity index (χ4n) is 2.24. The summed E-state index contributed by atoms with van der Waals surface area (Å²) in [5, 5.41) is 7.77. The van der Waals surface area contributed by atoms with Crippen LogP contribution in [0.1, 0.15) is 31.5 Å². The van der Waals surface area contributed by atoms with Crippen LogP contribution in [0.15, 0.2) is 4.42 Å². The number of piperidine rings is 1. The van der Waals surface area contributed by atoms with Crippen LogP contribution in [-0.4, -0.2) is 40.8 Å². The van der Waals surface area contributed by atoms with E-state index in [0.717, 1.165) is 19.4 Å². The molecule has 0 unspecified atom stereocenters. The Labute approximate surface area is 106 Å². The van der Waals surface area contributed by atoms with E-state index in [1.54, 1.807) is 6.92 Å². The number of likely N-dealkylation sites (tertiary alicyclic amines) is 1. The van der Waals surface area contributed by atoms with Gasteiger partial charge in [-0.15, -0.1) is 10.2 Å². The third-order valence-corrected chi connectivity index (χ3v) is 3.05. The molecule has 6 nitrogen and oxygen atoms in total. The van der Waals surface area contributed by atoms with Crippen LogP contribution in [0.2, 0.25) is 0 Å². The SMILES string of the molecule is CCOC(=O)[C@H]1CCCN(Cc2nnc(C)o2)C1. The summed E-state index contributed by atoms with van der Waals surface area (Å²) >= 11 is 0. The minimum Gasteiger partial charge on any atom is -0.466 e. The van der Waals surface area contributed by atoms with E-state index in [-0.39, 0.29) is 11.9 Å². The van der Waals surface area contributed by atoms with Gasteiger partial charge >= 0.3 is 5.97 Å². The Bertz CT molecular complexity index is 405. The van der Waals surface area contributed by atoms with E-state index in [1.807, 2.05) is 6.92 Å². The van der Waals surface area contributed by atoms with E-state index < -0.39 is 0 Å². The van der Waals surface area contributed by atoms with E-state index in [2.05, 4.69) is 15.1 Å². The summed E-state index contributed by atoms with van der Waals surface area (Å²) in [6.45, 7) is 6.32. The molecule has 100 valence electrons. The van der Waals surface area contributed by atoms with Gasteiger partial charge in [-0.25, -0.2) is 0 Å². The van der Waals surface area contributed by atoms with Crippen molar-refractivity contribution in [2.45, 2.75) is 33.2 Å². The van der Waals surface area contributed by atoms with Gasteiger partial charge in [0, 0.05) is 13.5 Å². The first-order valence-electron chi connectivity index (χ1n) is 6.37. The molecule has 2 heterocycles. The highest BCUT2D eigenvalue weighted by atomic mass is 16.5. The molecule has 1 aromatic heterocycles. The molecule has 0 saturated carbocycles. The van der Waals surface area contributed by atoms with Gasteiger partial charge in [0.1, 0.15) is 0 Å². The van der Waals surface area contributed by atoms with E-state index in [0.29, 0.717) is 31.5 Å². The van der Waals surface area contributed by atoms with Crippen molar-refractivity contribution in [1.82, 2.24) is 15.1 Å². The predicted molar refractivity (Wildman–Crippen MR) is 63.7 cm³/mol. The lowest BCUT2D eigenvalue weighted by Gasteiger charge is -2.30. The van der Waals surface area contributed by atoms with Crippen LogP contribution in [0.5, 0.6) is 0 Å². The highest BCUT2D eigenvalue weighted by Gasteiger charge is 2.27. The third-order valence-electron chi connectivity index (χ3n) is 3.05. The number of aromatic nitrogens is 2. The van der Waals surface area contributed by atoms with Crippen molar-refractivity contribution in [1.29, 1.82) is 0 Å². The largest absolute Gasteiger partial charge is 0.466 e. The van der Waals surface area contributed by atoms with Crippen molar-refractivity contribution in [2.24, 2.45) is 5.92 Å². The maximum absolute atomic E-state index is 11.7. The lowest BCUT2D eigenvalue weighted by atomic mass is 9.98. The fourth-order valence-corrected chi connectivity index (χ4v) is 2.24. The number of hydrogen-bond donors (Lipinski definition) is 0. The molecule has 2 rings (SSSR count). The summed E-state index contributed by atoms with van der Waals surface area (Å²) < 4.78 is 10.4. The van der Waals surface area contributed by atoms with Crippen LogP contribution in [0.3, 0.4) is 0 Å². The highest BCUT2D eigenvalue weighted by Crippen LogP contribution is 2.19. The predicted octanol–water partition coefficient (Wildman–Crippen LogP) is 1.15. The van der Waals surface area contributed by atoms with Crippen LogP contribution in [-0.2, 0) is 16.1 Å². The van der Waals surface area contributed by atoms with Crippen LogP contribution in [0.25, 0.3) is 0 Å². The molecule has 0 aliphatic carbocycles. The van der Waals surface area contributed by atoms with Gasteiger partial charge in [-0.3, -0.25) is 9.69 Å². The molecule has 1 aromatic rings. The first-order valence-corrected chi connectivity index (χ1v) is 6.37. The Morgan fingerprint density at radius 1 is 1.56 bits per heavy atom. The number of carbonyl (C=O) groups excluding carboxylic acids is 1. The van der Waals surface area contributed by atoms with Crippen LogP contribution < -0.4 is 0 Å². The van der Waals surface area contributed by atoms with Crippen LogP contribution in [0.4, 0.5) is 0 Å². The van der Waals surface area contributed by atoms with E-state index in [4.69, 9.17) is 9.15 Å². The number of aryl methyl sites for hydroxylation is 1. The van der Waals surface area contributed by atoms with Gasteiger partial charge < -0.3 is 9.15 Å². The molecule has 0 bridgehead atoms. The summed E-state index contributed by atoms with van der Waals surface area (Å²) in [6, 6.07) is 0. The number of nitrogens with zero attached hydrogens (tertiary/aromatic N) is 3. The average molecular weight is 253 g/mol. The first-order chi connectivity index (χ1) is 8.69. The average Bonchev–Trinajstić information content (AvgIpc) is 2.75. The minimum absolute atomic E-state index is 0.0253. The molecule has 1 saturated heterocycles. The maximum Gasteiger partial charge on any atom is 0.310 e. The molecule has 1 atom stereocenters. The molecule has 0 aromatic carbocycles. The summed E-state index contributed by atoms with van der Waals surface area (Å²) in [4.78, 5) is 13.9. The zero-order valence-corrected chi connectivity index (χ0v) is 10.9. The van der Waals surface area contributed by atoms with Crippen molar-refractivity contribution in [3.05, 3.63) is 11.8 Å². The first kappa shape index (κ1) is 13.0. The van der Waals surface area contributed by atoms with Crippen molar-refractivity contribution >= 4 is 5.97 Å². The Morgan fingerprint density at radius 3 is 3.06 bits per heavy atom.